The average molecular weight is 328 g/mol. The zero-order valence-corrected chi connectivity index (χ0v) is 14.9. The Balaban J connectivity index is 1.51. The molecule has 1 aromatic heterocycles. The van der Waals surface area contributed by atoms with Crippen molar-refractivity contribution in [3.05, 3.63) is 17.6 Å². The first kappa shape index (κ1) is 15.9. The summed E-state index contributed by atoms with van der Waals surface area (Å²) in [6.45, 7) is 7.67. The molecule has 3 heterocycles. The van der Waals surface area contributed by atoms with E-state index in [9.17, 15) is 4.79 Å². The number of carbonyl (C=O) groups is 1. The van der Waals surface area contributed by atoms with Crippen molar-refractivity contribution in [2.24, 2.45) is 11.3 Å². The van der Waals surface area contributed by atoms with Crippen molar-refractivity contribution in [1.29, 1.82) is 0 Å². The fourth-order valence-corrected chi connectivity index (χ4v) is 4.57. The molecule has 1 aliphatic carbocycles. The molecule has 1 atom stereocenters. The van der Waals surface area contributed by atoms with Gasteiger partial charge in [0, 0.05) is 32.4 Å². The van der Waals surface area contributed by atoms with Gasteiger partial charge in [0.1, 0.15) is 5.82 Å². The van der Waals surface area contributed by atoms with E-state index in [0.29, 0.717) is 5.91 Å². The van der Waals surface area contributed by atoms with E-state index in [1.807, 2.05) is 20.0 Å². The van der Waals surface area contributed by atoms with E-state index in [2.05, 4.69) is 19.8 Å². The maximum atomic E-state index is 13.2. The van der Waals surface area contributed by atoms with Crippen LogP contribution < -0.4 is 4.90 Å². The lowest BCUT2D eigenvalue weighted by atomic mass is 9.77. The van der Waals surface area contributed by atoms with Crippen molar-refractivity contribution in [2.45, 2.75) is 52.4 Å². The summed E-state index contributed by atoms with van der Waals surface area (Å²) in [5, 5.41) is 0. The third-order valence-electron chi connectivity index (χ3n) is 6.23. The molecule has 4 rings (SSSR count). The molecule has 1 saturated carbocycles. The number of nitrogens with zero attached hydrogens (tertiary/aromatic N) is 4. The topological polar surface area (TPSA) is 49.3 Å². The quantitative estimate of drug-likeness (QED) is 0.856. The van der Waals surface area contributed by atoms with E-state index in [0.717, 1.165) is 68.6 Å². The number of likely N-dealkylation sites (tertiary alicyclic amines) is 1. The molecule has 3 fully saturated rings. The minimum absolute atomic E-state index is 0.181. The van der Waals surface area contributed by atoms with Gasteiger partial charge in [-0.2, -0.15) is 0 Å². The standard InChI is InChI=1S/C19H28N4O/c1-14-11-20-15(2)17(21-14)23-10-8-19(13-23)7-4-9-22(18(19)24)12-16-5-3-6-16/h11,16H,3-10,12-13H2,1-2H3/t19-/m1/s1. The largest absolute Gasteiger partial charge is 0.354 e. The predicted molar refractivity (Wildman–Crippen MR) is 93.9 cm³/mol. The monoisotopic (exact) mass is 328 g/mol. The van der Waals surface area contributed by atoms with Crippen LogP contribution in [0.2, 0.25) is 0 Å². The summed E-state index contributed by atoms with van der Waals surface area (Å²) in [5.74, 6) is 2.13. The van der Waals surface area contributed by atoms with Gasteiger partial charge in [0.05, 0.1) is 16.8 Å². The van der Waals surface area contributed by atoms with Gasteiger partial charge in [-0.25, -0.2) is 4.98 Å². The zero-order chi connectivity index (χ0) is 16.7. The second-order valence-corrected chi connectivity index (χ2v) is 8.02. The van der Waals surface area contributed by atoms with Gasteiger partial charge in [0.15, 0.2) is 0 Å². The van der Waals surface area contributed by atoms with E-state index >= 15 is 0 Å². The fraction of sp³-hybridized carbons (Fsp3) is 0.737. The Morgan fingerprint density at radius 2 is 2.04 bits per heavy atom. The molecular formula is C19H28N4O. The molecular weight excluding hydrogens is 300 g/mol. The summed E-state index contributed by atoms with van der Waals surface area (Å²) in [5.41, 5.74) is 1.73. The zero-order valence-electron chi connectivity index (χ0n) is 14.9. The molecule has 2 aliphatic heterocycles. The van der Waals surface area contributed by atoms with Crippen LogP contribution in [-0.4, -0.2) is 47.0 Å². The third-order valence-corrected chi connectivity index (χ3v) is 6.23. The van der Waals surface area contributed by atoms with Crippen molar-refractivity contribution >= 4 is 11.7 Å². The second kappa shape index (κ2) is 6.01. The number of hydrogen-bond acceptors (Lipinski definition) is 4. The van der Waals surface area contributed by atoms with Crippen molar-refractivity contribution in [3.63, 3.8) is 0 Å². The first-order valence-corrected chi connectivity index (χ1v) is 9.42. The maximum Gasteiger partial charge on any atom is 0.230 e. The number of anilines is 1. The lowest BCUT2D eigenvalue weighted by Gasteiger charge is -2.42. The van der Waals surface area contributed by atoms with Gasteiger partial charge in [-0.05, 0) is 51.9 Å². The Hall–Kier alpha value is -1.65. The van der Waals surface area contributed by atoms with Crippen molar-refractivity contribution in [2.75, 3.05) is 31.1 Å². The van der Waals surface area contributed by atoms with Gasteiger partial charge < -0.3 is 9.80 Å². The molecule has 1 spiro atoms. The molecule has 3 aliphatic rings. The van der Waals surface area contributed by atoms with Gasteiger partial charge in [-0.3, -0.25) is 9.78 Å². The SMILES string of the molecule is Cc1cnc(C)c(N2CC[C@]3(CCCN(CC4CCC4)C3=O)C2)n1. The molecule has 5 nitrogen and oxygen atoms in total. The van der Waals surface area contributed by atoms with Crippen LogP contribution in [0.25, 0.3) is 0 Å². The maximum absolute atomic E-state index is 13.2. The van der Waals surface area contributed by atoms with Crippen LogP contribution in [0, 0.1) is 25.2 Å². The highest BCUT2D eigenvalue weighted by Crippen LogP contribution is 2.42. The van der Waals surface area contributed by atoms with E-state index in [-0.39, 0.29) is 5.41 Å². The predicted octanol–water partition coefficient (Wildman–Crippen LogP) is 2.71. The van der Waals surface area contributed by atoms with Gasteiger partial charge in [-0.1, -0.05) is 6.42 Å². The molecule has 0 N–H and O–H groups in total. The average Bonchev–Trinajstić information content (AvgIpc) is 2.94. The Morgan fingerprint density at radius 1 is 1.21 bits per heavy atom. The summed E-state index contributed by atoms with van der Waals surface area (Å²) in [6, 6.07) is 0. The summed E-state index contributed by atoms with van der Waals surface area (Å²) in [6.07, 6.45) is 8.91. The molecule has 5 heteroatoms. The van der Waals surface area contributed by atoms with E-state index in [1.165, 1.54) is 19.3 Å². The highest BCUT2D eigenvalue weighted by Gasteiger charge is 2.49. The van der Waals surface area contributed by atoms with Crippen molar-refractivity contribution in [1.82, 2.24) is 14.9 Å². The molecule has 0 bridgehead atoms. The van der Waals surface area contributed by atoms with Crippen LogP contribution in [0.4, 0.5) is 5.82 Å². The molecule has 1 aromatic rings. The van der Waals surface area contributed by atoms with Crippen LogP contribution in [0.3, 0.4) is 0 Å². The lowest BCUT2D eigenvalue weighted by molar-refractivity contribution is -0.146. The number of rotatable bonds is 3. The van der Waals surface area contributed by atoms with Crippen LogP contribution in [-0.2, 0) is 4.79 Å². The molecule has 0 radical (unpaired) electrons. The van der Waals surface area contributed by atoms with Crippen LogP contribution in [0.1, 0.15) is 49.9 Å². The summed E-state index contributed by atoms with van der Waals surface area (Å²) in [7, 11) is 0. The van der Waals surface area contributed by atoms with Crippen molar-refractivity contribution in [3.8, 4) is 0 Å². The lowest BCUT2D eigenvalue weighted by Crippen LogP contribution is -2.51. The van der Waals surface area contributed by atoms with Gasteiger partial charge >= 0.3 is 0 Å². The summed E-state index contributed by atoms with van der Waals surface area (Å²) in [4.78, 5) is 26.8. The first-order chi connectivity index (χ1) is 11.6. The second-order valence-electron chi connectivity index (χ2n) is 8.02. The number of aryl methyl sites for hydroxylation is 2. The van der Waals surface area contributed by atoms with E-state index in [4.69, 9.17) is 0 Å². The smallest absolute Gasteiger partial charge is 0.230 e. The highest BCUT2D eigenvalue weighted by molar-refractivity contribution is 5.85. The minimum Gasteiger partial charge on any atom is -0.354 e. The van der Waals surface area contributed by atoms with Crippen molar-refractivity contribution < 1.29 is 4.79 Å². The van der Waals surface area contributed by atoms with Crippen LogP contribution in [0.15, 0.2) is 6.20 Å². The minimum atomic E-state index is -0.181. The number of carbonyl (C=O) groups excluding carboxylic acids is 1. The van der Waals surface area contributed by atoms with Gasteiger partial charge in [0.2, 0.25) is 5.91 Å². The van der Waals surface area contributed by atoms with Crippen LogP contribution >= 0.6 is 0 Å². The van der Waals surface area contributed by atoms with Gasteiger partial charge in [0.25, 0.3) is 0 Å². The Labute approximate surface area is 144 Å². The number of hydrogen-bond donors (Lipinski definition) is 0. The molecule has 2 saturated heterocycles. The molecule has 0 aromatic carbocycles. The molecule has 130 valence electrons. The molecule has 24 heavy (non-hydrogen) atoms. The van der Waals surface area contributed by atoms with E-state index in [1.54, 1.807) is 0 Å². The molecule has 1 amide bonds. The fourth-order valence-electron chi connectivity index (χ4n) is 4.57. The Morgan fingerprint density at radius 3 is 2.79 bits per heavy atom. The normalized spacial score (nSPS) is 27.8. The van der Waals surface area contributed by atoms with Gasteiger partial charge in [-0.15, -0.1) is 0 Å². The van der Waals surface area contributed by atoms with Crippen LogP contribution in [0.5, 0.6) is 0 Å². The highest BCUT2D eigenvalue weighted by atomic mass is 16.2. The number of piperidine rings is 1. The Kier molecular flexibility index (Phi) is 3.97. The first-order valence-electron chi connectivity index (χ1n) is 9.42. The third kappa shape index (κ3) is 2.68. The summed E-state index contributed by atoms with van der Waals surface area (Å²) >= 11 is 0. The molecule has 0 unspecified atom stereocenters. The Bertz CT molecular complexity index is 642. The summed E-state index contributed by atoms with van der Waals surface area (Å²) < 4.78 is 0. The number of aromatic nitrogens is 2. The van der Waals surface area contributed by atoms with E-state index < -0.39 is 0 Å². The number of amides is 1.